The Labute approximate surface area is 136 Å². The maximum Gasteiger partial charge on any atom is 0.227 e. The monoisotopic (exact) mass is 320 g/mol. The van der Waals surface area contributed by atoms with Crippen molar-refractivity contribution in [3.8, 4) is 5.75 Å². The van der Waals surface area contributed by atoms with E-state index in [1.165, 1.54) is 0 Å². The van der Waals surface area contributed by atoms with Crippen LogP contribution >= 0.6 is 12.4 Å². The molecule has 0 radical (unpaired) electrons. The van der Waals surface area contributed by atoms with E-state index in [4.69, 9.17) is 4.74 Å². The third kappa shape index (κ3) is 3.51. The third-order valence-corrected chi connectivity index (χ3v) is 3.99. The highest BCUT2D eigenvalue weighted by atomic mass is 35.5. The molecular weight excluding hydrogens is 300 g/mol. The second kappa shape index (κ2) is 7.47. The summed E-state index contributed by atoms with van der Waals surface area (Å²) in [6.45, 7) is 3.37. The number of fused-ring (bicyclic) bond motifs is 1. The SMILES string of the molecule is COc1ccc2cccc(CC(=O)N3CCNCC3)c2c1.Cl. The zero-order valence-electron chi connectivity index (χ0n) is 12.7. The number of amides is 1. The molecule has 0 atom stereocenters. The topological polar surface area (TPSA) is 41.6 Å². The molecule has 0 unspecified atom stereocenters. The predicted molar refractivity (Wildman–Crippen MR) is 90.9 cm³/mol. The van der Waals surface area contributed by atoms with Gasteiger partial charge < -0.3 is 15.0 Å². The molecule has 22 heavy (non-hydrogen) atoms. The summed E-state index contributed by atoms with van der Waals surface area (Å²) >= 11 is 0. The molecule has 1 saturated heterocycles. The van der Waals surface area contributed by atoms with E-state index >= 15 is 0 Å². The fraction of sp³-hybridized carbons (Fsp3) is 0.353. The fourth-order valence-electron chi connectivity index (χ4n) is 2.79. The van der Waals surface area contributed by atoms with Gasteiger partial charge in [-0.3, -0.25) is 4.79 Å². The number of rotatable bonds is 3. The van der Waals surface area contributed by atoms with E-state index in [1.54, 1.807) is 7.11 Å². The Kier molecular flexibility index (Phi) is 5.63. The number of methoxy groups -OCH3 is 1. The van der Waals surface area contributed by atoms with E-state index < -0.39 is 0 Å². The van der Waals surface area contributed by atoms with Gasteiger partial charge in [-0.25, -0.2) is 0 Å². The van der Waals surface area contributed by atoms with Crippen LogP contribution in [-0.2, 0) is 11.2 Å². The van der Waals surface area contributed by atoms with Gasteiger partial charge in [0.15, 0.2) is 0 Å². The van der Waals surface area contributed by atoms with Gasteiger partial charge in [-0.1, -0.05) is 24.3 Å². The fourth-order valence-corrected chi connectivity index (χ4v) is 2.79. The lowest BCUT2D eigenvalue weighted by Crippen LogP contribution is -2.46. The van der Waals surface area contributed by atoms with Crippen LogP contribution in [0.3, 0.4) is 0 Å². The average molecular weight is 321 g/mol. The number of ether oxygens (including phenoxy) is 1. The number of hydrogen-bond acceptors (Lipinski definition) is 3. The number of carbonyl (C=O) groups is 1. The number of halogens is 1. The Balaban J connectivity index is 0.00000176. The van der Waals surface area contributed by atoms with E-state index in [9.17, 15) is 4.79 Å². The summed E-state index contributed by atoms with van der Waals surface area (Å²) in [5, 5.41) is 5.51. The maximum atomic E-state index is 12.4. The van der Waals surface area contributed by atoms with E-state index in [2.05, 4.69) is 11.4 Å². The van der Waals surface area contributed by atoms with E-state index in [0.717, 1.165) is 48.3 Å². The summed E-state index contributed by atoms with van der Waals surface area (Å²) < 4.78 is 5.29. The van der Waals surface area contributed by atoms with Crippen molar-refractivity contribution in [1.29, 1.82) is 0 Å². The molecule has 5 heteroatoms. The van der Waals surface area contributed by atoms with Crippen LogP contribution in [0.1, 0.15) is 5.56 Å². The van der Waals surface area contributed by atoms with Crippen LogP contribution in [0, 0.1) is 0 Å². The van der Waals surface area contributed by atoms with E-state index in [1.807, 2.05) is 35.2 Å². The summed E-state index contributed by atoms with van der Waals surface area (Å²) in [6, 6.07) is 12.1. The van der Waals surface area contributed by atoms with Crippen molar-refractivity contribution in [2.24, 2.45) is 0 Å². The van der Waals surface area contributed by atoms with E-state index in [-0.39, 0.29) is 18.3 Å². The van der Waals surface area contributed by atoms with Crippen LogP contribution in [0.25, 0.3) is 10.8 Å². The molecule has 1 aliphatic heterocycles. The largest absolute Gasteiger partial charge is 0.497 e. The van der Waals surface area contributed by atoms with E-state index in [0.29, 0.717) is 6.42 Å². The molecule has 4 nitrogen and oxygen atoms in total. The summed E-state index contributed by atoms with van der Waals surface area (Å²) in [4.78, 5) is 14.4. The van der Waals surface area contributed by atoms with Gasteiger partial charge in [-0.2, -0.15) is 0 Å². The molecule has 2 aromatic carbocycles. The normalized spacial score (nSPS) is 14.5. The zero-order chi connectivity index (χ0) is 14.7. The first-order chi connectivity index (χ1) is 10.3. The summed E-state index contributed by atoms with van der Waals surface area (Å²) in [5.41, 5.74) is 1.06. The molecule has 0 aliphatic carbocycles. The number of piperazine rings is 1. The predicted octanol–water partition coefficient (Wildman–Crippen LogP) is 2.24. The van der Waals surface area contributed by atoms with Gasteiger partial charge in [0.1, 0.15) is 5.75 Å². The first-order valence-electron chi connectivity index (χ1n) is 7.32. The lowest BCUT2D eigenvalue weighted by molar-refractivity contribution is -0.131. The van der Waals surface area contributed by atoms with Gasteiger partial charge >= 0.3 is 0 Å². The van der Waals surface area contributed by atoms with Crippen LogP contribution < -0.4 is 10.1 Å². The van der Waals surface area contributed by atoms with Crippen LogP contribution in [0.5, 0.6) is 5.75 Å². The molecule has 3 rings (SSSR count). The molecule has 2 aromatic rings. The summed E-state index contributed by atoms with van der Waals surface area (Å²) in [7, 11) is 1.66. The van der Waals surface area contributed by atoms with Gasteiger partial charge in [-0.15, -0.1) is 12.4 Å². The van der Waals surface area contributed by atoms with Crippen molar-refractivity contribution in [3.05, 3.63) is 42.0 Å². The molecular formula is C17H21ClN2O2. The Hall–Kier alpha value is -1.78. The van der Waals surface area contributed by atoms with Crippen LogP contribution in [0.2, 0.25) is 0 Å². The Morgan fingerprint density at radius 2 is 2.00 bits per heavy atom. The van der Waals surface area contributed by atoms with Crippen molar-refractivity contribution in [2.75, 3.05) is 33.3 Å². The van der Waals surface area contributed by atoms with Gasteiger partial charge in [-0.05, 0) is 28.5 Å². The van der Waals surface area contributed by atoms with Crippen molar-refractivity contribution < 1.29 is 9.53 Å². The van der Waals surface area contributed by atoms with Crippen LogP contribution in [-0.4, -0.2) is 44.1 Å². The molecule has 1 aliphatic rings. The molecule has 1 N–H and O–H groups in total. The van der Waals surface area contributed by atoms with Crippen LogP contribution in [0.15, 0.2) is 36.4 Å². The van der Waals surface area contributed by atoms with Crippen molar-refractivity contribution in [1.82, 2.24) is 10.2 Å². The van der Waals surface area contributed by atoms with Crippen LogP contribution in [0.4, 0.5) is 0 Å². The first kappa shape index (κ1) is 16.6. The number of benzene rings is 2. The second-order valence-electron chi connectivity index (χ2n) is 5.31. The molecule has 0 spiro atoms. The number of carbonyl (C=O) groups excluding carboxylic acids is 1. The third-order valence-electron chi connectivity index (χ3n) is 3.99. The number of nitrogens with zero attached hydrogens (tertiary/aromatic N) is 1. The van der Waals surface area contributed by atoms with Gasteiger partial charge in [0.25, 0.3) is 0 Å². The highest BCUT2D eigenvalue weighted by Gasteiger charge is 2.17. The van der Waals surface area contributed by atoms with Gasteiger partial charge in [0.05, 0.1) is 13.5 Å². The molecule has 118 valence electrons. The quantitative estimate of drug-likeness (QED) is 0.943. The van der Waals surface area contributed by atoms with Gasteiger partial charge in [0, 0.05) is 26.2 Å². The van der Waals surface area contributed by atoms with Crippen molar-refractivity contribution in [3.63, 3.8) is 0 Å². The number of nitrogens with one attached hydrogen (secondary N) is 1. The van der Waals surface area contributed by atoms with Crippen molar-refractivity contribution in [2.45, 2.75) is 6.42 Å². The van der Waals surface area contributed by atoms with Crippen molar-refractivity contribution >= 4 is 29.1 Å². The molecule has 0 bridgehead atoms. The first-order valence-corrected chi connectivity index (χ1v) is 7.32. The minimum absolute atomic E-state index is 0. The number of hydrogen-bond donors (Lipinski definition) is 1. The summed E-state index contributed by atoms with van der Waals surface area (Å²) in [6.07, 6.45) is 0.449. The highest BCUT2D eigenvalue weighted by Crippen LogP contribution is 2.24. The van der Waals surface area contributed by atoms with Gasteiger partial charge in [0.2, 0.25) is 5.91 Å². The minimum atomic E-state index is 0. The second-order valence-corrected chi connectivity index (χ2v) is 5.31. The Morgan fingerprint density at radius 1 is 1.23 bits per heavy atom. The minimum Gasteiger partial charge on any atom is -0.497 e. The molecule has 1 fully saturated rings. The lowest BCUT2D eigenvalue weighted by atomic mass is 10.0. The smallest absolute Gasteiger partial charge is 0.227 e. The summed E-state index contributed by atoms with van der Waals surface area (Å²) in [5.74, 6) is 1.02. The molecule has 1 heterocycles. The maximum absolute atomic E-state index is 12.4. The molecule has 1 amide bonds. The zero-order valence-corrected chi connectivity index (χ0v) is 13.5. The molecule has 0 aromatic heterocycles. The molecule has 0 saturated carbocycles. The highest BCUT2D eigenvalue weighted by molar-refractivity contribution is 5.91. The Bertz CT molecular complexity index is 654. The average Bonchev–Trinajstić information content (AvgIpc) is 2.55. The lowest BCUT2D eigenvalue weighted by Gasteiger charge is -2.27. The Morgan fingerprint density at radius 3 is 2.73 bits per heavy atom. The standard InChI is InChI=1S/C17H20N2O2.ClH/c1-21-15-6-5-13-3-2-4-14(16(13)12-15)11-17(20)19-9-7-18-8-10-19;/h2-6,12,18H,7-11H2,1H3;1H.